The smallest absolute Gasteiger partial charge is 0.342 e. The largest absolute Gasteiger partial charge is 0.477 e. The number of nitrogens with zero attached hydrogens (tertiary/aromatic N) is 1. The van der Waals surface area contributed by atoms with Crippen molar-refractivity contribution in [1.82, 2.24) is 0 Å². The van der Waals surface area contributed by atoms with Crippen molar-refractivity contribution in [3.63, 3.8) is 0 Å². The van der Waals surface area contributed by atoms with Crippen LogP contribution >= 0.6 is 15.9 Å². The van der Waals surface area contributed by atoms with Gasteiger partial charge in [-0.05, 0) is 36.4 Å². The molecule has 2 aromatic rings. The normalized spacial score (nSPS) is 10.1. The van der Waals surface area contributed by atoms with Crippen molar-refractivity contribution >= 4 is 39.0 Å². The number of carbonyl (C=O) groups is 1. The summed E-state index contributed by atoms with van der Waals surface area (Å²) in [5.74, 6) is -1.34. The minimum atomic E-state index is -1.34. The fraction of sp³-hybridized carbons (Fsp3) is 0. The Morgan fingerprint density at radius 3 is 2.30 bits per heavy atom. The van der Waals surface area contributed by atoms with E-state index in [0.29, 0.717) is 5.69 Å². The van der Waals surface area contributed by atoms with Crippen molar-refractivity contribution in [2.45, 2.75) is 0 Å². The number of aromatic carboxylic acids is 1. The van der Waals surface area contributed by atoms with Gasteiger partial charge in [0.2, 0.25) is 0 Å². The highest BCUT2D eigenvalue weighted by Crippen LogP contribution is 2.25. The first-order chi connectivity index (χ1) is 9.47. The highest BCUT2D eigenvalue weighted by molar-refractivity contribution is 9.10. The predicted molar refractivity (Wildman–Crippen MR) is 77.5 cm³/mol. The Hall–Kier alpha value is -2.41. The van der Waals surface area contributed by atoms with Crippen molar-refractivity contribution in [3.8, 4) is 0 Å². The summed E-state index contributed by atoms with van der Waals surface area (Å²) in [6.07, 6.45) is 0. The molecular formula is C13H9BrN2O4. The lowest BCUT2D eigenvalue weighted by atomic mass is 10.1. The molecular weight excluding hydrogens is 328 g/mol. The van der Waals surface area contributed by atoms with Gasteiger partial charge < -0.3 is 10.4 Å². The molecule has 102 valence electrons. The van der Waals surface area contributed by atoms with Crippen molar-refractivity contribution < 1.29 is 14.8 Å². The van der Waals surface area contributed by atoms with Gasteiger partial charge in [-0.3, -0.25) is 10.1 Å². The maximum Gasteiger partial charge on any atom is 0.342 e. The van der Waals surface area contributed by atoms with Gasteiger partial charge in [0.05, 0.1) is 4.92 Å². The molecule has 0 amide bonds. The number of hydrogen-bond acceptors (Lipinski definition) is 4. The molecule has 0 aliphatic rings. The molecule has 0 heterocycles. The average Bonchev–Trinajstić information content (AvgIpc) is 2.41. The number of nitrogens with one attached hydrogen (secondary N) is 1. The van der Waals surface area contributed by atoms with Crippen LogP contribution in [0.4, 0.5) is 17.1 Å². The highest BCUT2D eigenvalue weighted by Gasteiger charge is 2.19. The number of nitro benzene ring substituents is 1. The Kier molecular flexibility index (Phi) is 3.99. The lowest BCUT2D eigenvalue weighted by Crippen LogP contribution is -2.03. The Morgan fingerprint density at radius 1 is 1.15 bits per heavy atom. The van der Waals surface area contributed by atoms with E-state index in [1.807, 2.05) is 12.1 Å². The summed E-state index contributed by atoms with van der Waals surface area (Å²) >= 11 is 3.31. The zero-order chi connectivity index (χ0) is 14.7. The van der Waals surface area contributed by atoms with Crippen LogP contribution in [-0.2, 0) is 0 Å². The lowest BCUT2D eigenvalue weighted by Gasteiger charge is -2.07. The molecule has 2 aromatic carbocycles. The third-order valence-electron chi connectivity index (χ3n) is 2.56. The van der Waals surface area contributed by atoms with Crippen LogP contribution in [0.2, 0.25) is 0 Å². The monoisotopic (exact) mass is 336 g/mol. The highest BCUT2D eigenvalue weighted by atomic mass is 79.9. The number of carboxylic acid groups (broad SMARTS) is 1. The molecule has 0 aliphatic heterocycles. The third kappa shape index (κ3) is 3.12. The van der Waals surface area contributed by atoms with Crippen molar-refractivity contribution in [2.24, 2.45) is 0 Å². The molecule has 0 saturated carbocycles. The van der Waals surface area contributed by atoms with Gasteiger partial charge in [-0.1, -0.05) is 15.9 Å². The van der Waals surface area contributed by atoms with E-state index in [9.17, 15) is 14.9 Å². The fourth-order valence-electron chi connectivity index (χ4n) is 1.64. The first kappa shape index (κ1) is 14.0. The second-order valence-corrected chi connectivity index (χ2v) is 4.84. The van der Waals surface area contributed by atoms with E-state index in [1.165, 1.54) is 18.2 Å². The van der Waals surface area contributed by atoms with Gasteiger partial charge in [0, 0.05) is 21.9 Å². The van der Waals surface area contributed by atoms with E-state index < -0.39 is 16.6 Å². The van der Waals surface area contributed by atoms with Gasteiger partial charge in [0.25, 0.3) is 5.69 Å². The average molecular weight is 337 g/mol. The molecule has 0 saturated heterocycles. The molecule has 0 radical (unpaired) electrons. The number of benzene rings is 2. The number of carboxylic acids is 1. The van der Waals surface area contributed by atoms with Crippen LogP contribution in [0.25, 0.3) is 0 Å². The number of hydrogen-bond donors (Lipinski definition) is 2. The van der Waals surface area contributed by atoms with E-state index in [-0.39, 0.29) is 5.56 Å². The number of nitro groups is 1. The van der Waals surface area contributed by atoms with Crippen LogP contribution in [0.15, 0.2) is 46.9 Å². The molecule has 0 spiro atoms. The maximum absolute atomic E-state index is 11.0. The first-order valence-electron chi connectivity index (χ1n) is 5.51. The minimum absolute atomic E-state index is 0.350. The first-order valence-corrected chi connectivity index (χ1v) is 6.31. The van der Waals surface area contributed by atoms with E-state index >= 15 is 0 Å². The van der Waals surface area contributed by atoms with Crippen LogP contribution in [-0.4, -0.2) is 16.0 Å². The molecule has 0 aromatic heterocycles. The van der Waals surface area contributed by atoms with E-state index in [2.05, 4.69) is 21.2 Å². The summed E-state index contributed by atoms with van der Waals surface area (Å²) in [7, 11) is 0. The quantitative estimate of drug-likeness (QED) is 0.654. The van der Waals surface area contributed by atoms with Gasteiger partial charge >= 0.3 is 5.97 Å². The van der Waals surface area contributed by atoms with Crippen molar-refractivity contribution in [3.05, 3.63) is 62.6 Å². The fourth-order valence-corrected chi connectivity index (χ4v) is 1.91. The van der Waals surface area contributed by atoms with Gasteiger partial charge in [0.15, 0.2) is 0 Å². The second-order valence-electron chi connectivity index (χ2n) is 3.93. The van der Waals surface area contributed by atoms with Crippen molar-refractivity contribution in [1.29, 1.82) is 0 Å². The summed E-state index contributed by atoms with van der Waals surface area (Å²) in [5.41, 5.74) is 0.435. The number of halogens is 1. The predicted octanol–water partition coefficient (Wildman–Crippen LogP) is 3.80. The summed E-state index contributed by atoms with van der Waals surface area (Å²) in [6.45, 7) is 0. The summed E-state index contributed by atoms with van der Waals surface area (Å²) < 4.78 is 0.915. The topological polar surface area (TPSA) is 92.5 Å². The molecule has 0 atom stereocenters. The molecule has 2 rings (SSSR count). The Morgan fingerprint density at radius 2 is 1.75 bits per heavy atom. The number of anilines is 2. The third-order valence-corrected chi connectivity index (χ3v) is 3.09. The standard InChI is InChI=1S/C13H9BrN2O4/c14-8-1-3-9(4-2-8)15-10-5-6-12(16(19)20)11(7-10)13(17)18/h1-7,15H,(H,17,18). The molecule has 0 bridgehead atoms. The van der Waals surface area contributed by atoms with Crippen LogP contribution in [0.1, 0.15) is 10.4 Å². The molecule has 2 N–H and O–H groups in total. The van der Waals surface area contributed by atoms with Crippen LogP contribution < -0.4 is 5.32 Å². The zero-order valence-electron chi connectivity index (χ0n) is 10.0. The summed E-state index contributed by atoms with van der Waals surface area (Å²) in [4.78, 5) is 21.1. The Balaban J connectivity index is 2.34. The summed E-state index contributed by atoms with van der Waals surface area (Å²) in [5, 5.41) is 22.7. The van der Waals surface area contributed by atoms with Gasteiger partial charge in [-0.25, -0.2) is 4.79 Å². The molecule has 0 unspecified atom stereocenters. The van der Waals surface area contributed by atoms with Crippen LogP contribution in [0.3, 0.4) is 0 Å². The van der Waals surface area contributed by atoms with Crippen LogP contribution in [0.5, 0.6) is 0 Å². The van der Waals surface area contributed by atoms with Gasteiger partial charge in [-0.15, -0.1) is 0 Å². The molecule has 6 nitrogen and oxygen atoms in total. The number of rotatable bonds is 4. The SMILES string of the molecule is O=C(O)c1cc(Nc2ccc(Br)cc2)ccc1[N+](=O)[O-]. The molecule has 0 aliphatic carbocycles. The molecule has 20 heavy (non-hydrogen) atoms. The maximum atomic E-state index is 11.0. The molecule has 7 heteroatoms. The van der Waals surface area contributed by atoms with Gasteiger partial charge in [-0.2, -0.15) is 0 Å². The van der Waals surface area contributed by atoms with E-state index in [4.69, 9.17) is 5.11 Å². The Bertz CT molecular complexity index is 671. The van der Waals surface area contributed by atoms with E-state index in [1.54, 1.807) is 12.1 Å². The lowest BCUT2D eigenvalue weighted by molar-refractivity contribution is -0.385. The van der Waals surface area contributed by atoms with E-state index in [0.717, 1.165) is 10.2 Å². The molecule has 0 fully saturated rings. The zero-order valence-corrected chi connectivity index (χ0v) is 11.6. The van der Waals surface area contributed by atoms with Crippen molar-refractivity contribution in [2.75, 3.05) is 5.32 Å². The Labute approximate surface area is 122 Å². The minimum Gasteiger partial charge on any atom is -0.477 e. The summed E-state index contributed by atoms with van der Waals surface area (Å²) in [6, 6.07) is 11.1. The van der Waals surface area contributed by atoms with Crippen LogP contribution in [0, 0.1) is 10.1 Å². The second kappa shape index (κ2) is 5.70. The van der Waals surface area contributed by atoms with Gasteiger partial charge in [0.1, 0.15) is 5.56 Å².